The number of rotatable bonds is 9. The summed E-state index contributed by atoms with van der Waals surface area (Å²) in [4.78, 5) is 2.56. The lowest BCUT2D eigenvalue weighted by Crippen LogP contribution is -2.54. The molecule has 0 aliphatic rings. The molecule has 0 saturated carbocycles. The van der Waals surface area contributed by atoms with Crippen molar-refractivity contribution in [2.45, 2.75) is 58.4 Å². The van der Waals surface area contributed by atoms with Crippen LogP contribution in [-0.4, -0.2) is 18.6 Å². The Kier molecular flexibility index (Phi) is 6.93. The molecule has 0 saturated heterocycles. The maximum atomic E-state index is 6.17. The molecule has 0 aliphatic heterocycles. The summed E-state index contributed by atoms with van der Waals surface area (Å²) >= 11 is 0. The lowest BCUT2D eigenvalue weighted by molar-refractivity contribution is 0.347. The first-order chi connectivity index (χ1) is 9.24. The highest BCUT2D eigenvalue weighted by Gasteiger charge is 2.32. The zero-order valence-electron chi connectivity index (χ0n) is 12.9. The fourth-order valence-electron chi connectivity index (χ4n) is 2.89. The quantitative estimate of drug-likeness (QED) is 0.722. The van der Waals surface area contributed by atoms with Crippen molar-refractivity contribution in [3.05, 3.63) is 30.3 Å². The predicted octanol–water partition coefficient (Wildman–Crippen LogP) is 4.20. The molecule has 0 aliphatic carbocycles. The lowest BCUT2D eigenvalue weighted by Gasteiger charge is -2.45. The molecule has 0 aromatic heterocycles. The molecule has 1 atom stereocenters. The number of nitrogens with two attached hydrogens (primary N) is 1. The van der Waals surface area contributed by atoms with Gasteiger partial charge in [0, 0.05) is 18.8 Å². The van der Waals surface area contributed by atoms with Crippen LogP contribution in [0.1, 0.15) is 52.9 Å². The van der Waals surface area contributed by atoms with Crippen LogP contribution in [0.2, 0.25) is 0 Å². The van der Waals surface area contributed by atoms with E-state index in [-0.39, 0.29) is 5.54 Å². The van der Waals surface area contributed by atoms with E-state index in [1.54, 1.807) is 0 Å². The third kappa shape index (κ3) is 3.97. The number of benzene rings is 1. The fourth-order valence-corrected chi connectivity index (χ4v) is 2.89. The monoisotopic (exact) mass is 262 g/mol. The van der Waals surface area contributed by atoms with Crippen molar-refractivity contribution in [3.63, 3.8) is 0 Å². The topological polar surface area (TPSA) is 29.3 Å². The predicted molar refractivity (Wildman–Crippen MR) is 85.7 cm³/mol. The molecule has 1 aromatic rings. The molecule has 2 nitrogen and oxygen atoms in total. The van der Waals surface area contributed by atoms with Gasteiger partial charge in [-0.3, -0.25) is 0 Å². The van der Waals surface area contributed by atoms with Crippen molar-refractivity contribution < 1.29 is 0 Å². The molecule has 19 heavy (non-hydrogen) atoms. The Balaban J connectivity index is 3.05. The molecule has 2 N–H and O–H groups in total. The van der Waals surface area contributed by atoms with E-state index in [1.807, 2.05) is 0 Å². The van der Waals surface area contributed by atoms with Gasteiger partial charge < -0.3 is 10.6 Å². The third-order valence-corrected chi connectivity index (χ3v) is 4.13. The van der Waals surface area contributed by atoms with E-state index < -0.39 is 0 Å². The van der Waals surface area contributed by atoms with Gasteiger partial charge in [-0.25, -0.2) is 0 Å². The van der Waals surface area contributed by atoms with Crippen LogP contribution in [0.25, 0.3) is 0 Å². The van der Waals surface area contributed by atoms with Crippen molar-refractivity contribution >= 4 is 5.69 Å². The number of hydrogen-bond donors (Lipinski definition) is 1. The van der Waals surface area contributed by atoms with Crippen LogP contribution >= 0.6 is 0 Å². The Morgan fingerprint density at radius 3 is 2.21 bits per heavy atom. The second-order valence-electron chi connectivity index (χ2n) is 5.37. The van der Waals surface area contributed by atoms with Gasteiger partial charge >= 0.3 is 0 Å². The minimum atomic E-state index is 0.116. The Hall–Kier alpha value is -1.02. The highest BCUT2D eigenvalue weighted by Crippen LogP contribution is 2.30. The summed E-state index contributed by atoms with van der Waals surface area (Å²) < 4.78 is 0. The summed E-state index contributed by atoms with van der Waals surface area (Å²) in [5, 5.41) is 0. The Morgan fingerprint density at radius 2 is 1.74 bits per heavy atom. The van der Waals surface area contributed by atoms with Gasteiger partial charge in [0.2, 0.25) is 0 Å². The molecule has 0 bridgehead atoms. The van der Waals surface area contributed by atoms with E-state index in [4.69, 9.17) is 5.73 Å². The average Bonchev–Trinajstić information content (AvgIpc) is 2.47. The van der Waals surface area contributed by atoms with Gasteiger partial charge in [-0.2, -0.15) is 0 Å². The number of hydrogen-bond acceptors (Lipinski definition) is 2. The first kappa shape index (κ1) is 16.0. The van der Waals surface area contributed by atoms with Gasteiger partial charge in [0.1, 0.15) is 0 Å². The molecule has 0 amide bonds. The van der Waals surface area contributed by atoms with Crippen LogP contribution in [0.5, 0.6) is 0 Å². The molecular weight excluding hydrogens is 232 g/mol. The molecule has 0 radical (unpaired) electrons. The van der Waals surface area contributed by atoms with Crippen LogP contribution in [0.4, 0.5) is 5.69 Å². The number of anilines is 1. The summed E-state index contributed by atoms with van der Waals surface area (Å²) in [5.74, 6) is 0. The van der Waals surface area contributed by atoms with Gasteiger partial charge in [0.05, 0.1) is 5.54 Å². The van der Waals surface area contributed by atoms with Crippen molar-refractivity contribution in [1.82, 2.24) is 0 Å². The van der Waals surface area contributed by atoms with Gasteiger partial charge in [-0.1, -0.05) is 51.8 Å². The Bertz CT molecular complexity index is 330. The number of nitrogens with zero attached hydrogens (tertiary/aromatic N) is 1. The smallest absolute Gasteiger partial charge is 0.0521 e. The second kappa shape index (κ2) is 8.21. The van der Waals surface area contributed by atoms with Gasteiger partial charge in [0.25, 0.3) is 0 Å². The molecule has 0 fully saturated rings. The molecule has 108 valence electrons. The van der Waals surface area contributed by atoms with E-state index >= 15 is 0 Å². The number of unbranched alkanes of at least 4 members (excludes halogenated alkanes) is 1. The molecular formula is C17H30N2. The first-order valence-corrected chi connectivity index (χ1v) is 7.76. The van der Waals surface area contributed by atoms with E-state index in [9.17, 15) is 0 Å². The SMILES string of the molecule is CCCCN(c1ccccc1)C(CC)(CN)CCC. The van der Waals surface area contributed by atoms with Crippen LogP contribution in [0.15, 0.2) is 30.3 Å². The summed E-state index contributed by atoms with van der Waals surface area (Å²) in [7, 11) is 0. The lowest BCUT2D eigenvalue weighted by atomic mass is 9.87. The molecule has 1 rings (SSSR count). The maximum absolute atomic E-state index is 6.17. The van der Waals surface area contributed by atoms with Crippen LogP contribution in [-0.2, 0) is 0 Å². The van der Waals surface area contributed by atoms with Crippen molar-refractivity contribution in [3.8, 4) is 0 Å². The minimum Gasteiger partial charge on any atom is -0.365 e. The van der Waals surface area contributed by atoms with Gasteiger partial charge in [0.15, 0.2) is 0 Å². The largest absolute Gasteiger partial charge is 0.365 e. The van der Waals surface area contributed by atoms with Crippen LogP contribution in [0, 0.1) is 0 Å². The van der Waals surface area contributed by atoms with E-state index in [0.29, 0.717) is 0 Å². The summed E-state index contributed by atoms with van der Waals surface area (Å²) in [6.45, 7) is 8.61. The van der Waals surface area contributed by atoms with Crippen molar-refractivity contribution in [2.24, 2.45) is 5.73 Å². The first-order valence-electron chi connectivity index (χ1n) is 7.76. The standard InChI is InChI=1S/C17H30N2/c1-4-7-14-19(16-11-9-8-10-12-16)17(6-3,15-18)13-5-2/h8-12H,4-7,13-15,18H2,1-3H3. The summed E-state index contributed by atoms with van der Waals surface area (Å²) in [6.07, 6.45) is 5.90. The molecule has 0 spiro atoms. The Morgan fingerprint density at radius 1 is 1.05 bits per heavy atom. The maximum Gasteiger partial charge on any atom is 0.0521 e. The molecule has 2 heteroatoms. The highest BCUT2D eigenvalue weighted by molar-refractivity contribution is 5.49. The van der Waals surface area contributed by atoms with E-state index in [1.165, 1.54) is 31.4 Å². The number of para-hydroxylation sites is 1. The normalized spacial score (nSPS) is 14.1. The zero-order chi connectivity index (χ0) is 14.1. The third-order valence-electron chi connectivity index (χ3n) is 4.13. The van der Waals surface area contributed by atoms with Crippen molar-refractivity contribution in [1.29, 1.82) is 0 Å². The summed E-state index contributed by atoms with van der Waals surface area (Å²) in [5.41, 5.74) is 7.61. The van der Waals surface area contributed by atoms with Gasteiger partial charge in [-0.15, -0.1) is 0 Å². The fraction of sp³-hybridized carbons (Fsp3) is 0.647. The molecule has 1 unspecified atom stereocenters. The minimum absolute atomic E-state index is 0.116. The van der Waals surface area contributed by atoms with Crippen molar-refractivity contribution in [2.75, 3.05) is 18.0 Å². The Labute approximate surface area is 119 Å². The summed E-state index contributed by atoms with van der Waals surface area (Å²) in [6, 6.07) is 10.8. The average molecular weight is 262 g/mol. The van der Waals surface area contributed by atoms with Crippen LogP contribution < -0.4 is 10.6 Å². The molecule has 1 aromatic carbocycles. The second-order valence-corrected chi connectivity index (χ2v) is 5.37. The molecule has 0 heterocycles. The van der Waals surface area contributed by atoms with E-state index in [2.05, 4.69) is 56.0 Å². The van der Waals surface area contributed by atoms with Gasteiger partial charge in [-0.05, 0) is 31.4 Å². The highest BCUT2D eigenvalue weighted by atomic mass is 15.2. The van der Waals surface area contributed by atoms with Crippen LogP contribution in [0.3, 0.4) is 0 Å². The zero-order valence-corrected chi connectivity index (χ0v) is 12.9. The van der Waals surface area contributed by atoms with E-state index in [0.717, 1.165) is 19.5 Å².